The molecule has 0 fully saturated rings. The van der Waals surface area contributed by atoms with E-state index in [-0.39, 0.29) is 12.0 Å². The maximum Gasteiger partial charge on any atom is 0.411 e. The molecule has 38 heavy (non-hydrogen) atoms. The molecule has 4 rings (SSSR count). The first-order chi connectivity index (χ1) is 18.0. The van der Waals surface area contributed by atoms with Crippen molar-refractivity contribution in [2.24, 2.45) is 5.92 Å². The number of rotatable bonds is 7. The van der Waals surface area contributed by atoms with Gasteiger partial charge in [-0.2, -0.15) is 0 Å². The van der Waals surface area contributed by atoms with Gasteiger partial charge in [0.25, 0.3) is 0 Å². The summed E-state index contributed by atoms with van der Waals surface area (Å²) in [5.74, 6) is 2.09. The van der Waals surface area contributed by atoms with E-state index in [0.29, 0.717) is 42.3 Å². The number of alkyl carbamates (subject to hydrolysis) is 1. The number of carbonyl (C=O) groups is 1. The predicted molar refractivity (Wildman–Crippen MR) is 147 cm³/mol. The van der Waals surface area contributed by atoms with Crippen LogP contribution in [-0.2, 0) is 11.3 Å². The van der Waals surface area contributed by atoms with Crippen LogP contribution in [0.25, 0.3) is 22.6 Å². The molecule has 1 unspecified atom stereocenters. The lowest BCUT2D eigenvalue weighted by Gasteiger charge is -2.30. The molecule has 0 aliphatic heterocycles. The molecule has 0 aromatic carbocycles. The number of aryl methyl sites for hydroxylation is 2. The van der Waals surface area contributed by atoms with Crippen LogP contribution in [0.1, 0.15) is 66.6 Å². The molecular weight excluding hydrogens is 482 g/mol. The fourth-order valence-electron chi connectivity index (χ4n) is 4.51. The van der Waals surface area contributed by atoms with Gasteiger partial charge in [0.05, 0.1) is 5.56 Å². The number of nitrogens with one attached hydrogen (secondary N) is 3. The van der Waals surface area contributed by atoms with Crippen LogP contribution in [0, 0.1) is 18.3 Å². The average Bonchev–Trinajstić information content (AvgIpc) is 3.23. The van der Waals surface area contributed by atoms with Crippen LogP contribution in [0.5, 0.6) is 0 Å². The normalized spacial score (nSPS) is 16.2. The molecule has 11 heteroatoms. The number of aromatic nitrogens is 6. The van der Waals surface area contributed by atoms with Gasteiger partial charge in [-0.15, -0.1) is 0 Å². The van der Waals surface area contributed by atoms with E-state index in [0.717, 1.165) is 34.7 Å². The minimum Gasteiger partial charge on any atom is -0.444 e. The Morgan fingerprint density at radius 3 is 2.55 bits per heavy atom. The van der Waals surface area contributed by atoms with E-state index < -0.39 is 11.7 Å². The Morgan fingerprint density at radius 2 is 1.92 bits per heavy atom. The lowest BCUT2D eigenvalue weighted by atomic mass is 9.85. The highest BCUT2D eigenvalue weighted by molar-refractivity contribution is 6.00. The highest BCUT2D eigenvalue weighted by atomic mass is 16.6. The molecule has 3 aromatic heterocycles. The van der Waals surface area contributed by atoms with Gasteiger partial charge in [-0.25, -0.2) is 29.7 Å². The highest BCUT2D eigenvalue weighted by Gasteiger charge is 2.28. The van der Waals surface area contributed by atoms with Gasteiger partial charge in [0.15, 0.2) is 17.0 Å². The lowest BCUT2D eigenvalue weighted by Crippen LogP contribution is -2.37. The molecule has 1 amide bonds. The first-order valence-electron chi connectivity index (χ1n) is 13.0. The third-order valence-electron chi connectivity index (χ3n) is 6.34. The monoisotopic (exact) mass is 519 g/mol. The summed E-state index contributed by atoms with van der Waals surface area (Å²) in [4.78, 5) is 35.1. The zero-order valence-corrected chi connectivity index (χ0v) is 23.2. The Hall–Kier alpha value is -3.89. The number of carbonyl (C=O) groups excluding carboxylic acids is 1. The van der Waals surface area contributed by atoms with Crippen LogP contribution in [-0.4, -0.2) is 52.9 Å². The second kappa shape index (κ2) is 10.8. The van der Waals surface area contributed by atoms with Crippen molar-refractivity contribution in [3.05, 3.63) is 35.8 Å². The molecule has 0 saturated heterocycles. The van der Waals surface area contributed by atoms with Crippen LogP contribution in [0.3, 0.4) is 0 Å². The number of fused-ring (bicyclic) bond motifs is 1. The summed E-state index contributed by atoms with van der Waals surface area (Å²) in [5, 5.41) is 15.2. The number of nitrogens with zero attached hydrogens (tertiary/aromatic N) is 6. The van der Waals surface area contributed by atoms with Crippen molar-refractivity contribution in [3.63, 3.8) is 0 Å². The molecule has 3 heterocycles. The topological polar surface area (TPSA) is 144 Å². The van der Waals surface area contributed by atoms with Gasteiger partial charge < -0.3 is 20.0 Å². The number of allylic oxidation sites excluding steroid dienone is 1. The first-order valence-corrected chi connectivity index (χ1v) is 13.0. The number of anilines is 1. The van der Waals surface area contributed by atoms with Crippen molar-refractivity contribution >= 4 is 28.8 Å². The number of imidazole rings is 1. The third kappa shape index (κ3) is 5.98. The van der Waals surface area contributed by atoms with Gasteiger partial charge in [-0.05, 0) is 65.4 Å². The molecule has 202 valence electrons. The van der Waals surface area contributed by atoms with Crippen LogP contribution < -0.4 is 10.6 Å². The van der Waals surface area contributed by atoms with Gasteiger partial charge in [0.1, 0.15) is 23.6 Å². The summed E-state index contributed by atoms with van der Waals surface area (Å²) in [5.41, 5.74) is 3.71. The Morgan fingerprint density at radius 1 is 1.21 bits per heavy atom. The van der Waals surface area contributed by atoms with Crippen molar-refractivity contribution in [1.29, 1.82) is 5.41 Å². The fraction of sp³-hybridized carbons (Fsp3) is 0.519. The standard InChI is InChI=1S/C27H37N9O2/c1-8-36-24(17-12-29-16(4)30-13-17)35-22-23(31-14-32-25(22)36)33-18-9-10-20(19(11-18)21(28)15(2)3)34-26(37)38-27(5,6)7/h12-15,18,28H,8-11H2,1-7H3,(H,34,37)(H,31,32,33). The SMILES string of the molecule is CCn1c(-c2cnc(C)nc2)nc2c(NC3CCC(NC(=O)OC(C)(C)C)=C(C(=N)C(C)C)C3)ncnc21. The maximum absolute atomic E-state index is 12.5. The smallest absolute Gasteiger partial charge is 0.411 e. The summed E-state index contributed by atoms with van der Waals surface area (Å²) in [6.45, 7) is 14.0. The maximum atomic E-state index is 12.5. The van der Waals surface area contributed by atoms with Crippen LogP contribution >= 0.6 is 0 Å². The zero-order valence-electron chi connectivity index (χ0n) is 23.2. The number of amides is 1. The molecule has 1 aliphatic rings. The molecule has 3 aromatic rings. The Balaban J connectivity index is 1.63. The summed E-state index contributed by atoms with van der Waals surface area (Å²) < 4.78 is 7.49. The van der Waals surface area contributed by atoms with Gasteiger partial charge in [0, 0.05) is 36.4 Å². The van der Waals surface area contributed by atoms with Crippen molar-refractivity contribution in [1.82, 2.24) is 34.8 Å². The second-order valence-electron chi connectivity index (χ2n) is 10.8. The van der Waals surface area contributed by atoms with Crippen molar-refractivity contribution in [2.45, 2.75) is 85.9 Å². The Kier molecular flexibility index (Phi) is 7.75. The first kappa shape index (κ1) is 27.2. The van der Waals surface area contributed by atoms with E-state index in [4.69, 9.17) is 15.1 Å². The van der Waals surface area contributed by atoms with E-state index in [1.54, 1.807) is 18.7 Å². The van der Waals surface area contributed by atoms with E-state index in [9.17, 15) is 4.79 Å². The molecule has 0 spiro atoms. The summed E-state index contributed by atoms with van der Waals surface area (Å²) in [7, 11) is 0. The second-order valence-corrected chi connectivity index (χ2v) is 10.8. The summed E-state index contributed by atoms with van der Waals surface area (Å²) >= 11 is 0. The van der Waals surface area contributed by atoms with Gasteiger partial charge in [-0.3, -0.25) is 5.32 Å². The van der Waals surface area contributed by atoms with Gasteiger partial charge in [0.2, 0.25) is 0 Å². The molecule has 11 nitrogen and oxygen atoms in total. The van der Waals surface area contributed by atoms with Gasteiger partial charge >= 0.3 is 6.09 Å². The molecule has 0 saturated carbocycles. The zero-order chi connectivity index (χ0) is 27.6. The molecule has 1 aliphatic carbocycles. The van der Waals surface area contributed by atoms with E-state index in [1.807, 2.05) is 53.0 Å². The van der Waals surface area contributed by atoms with E-state index >= 15 is 0 Å². The third-order valence-corrected chi connectivity index (χ3v) is 6.34. The van der Waals surface area contributed by atoms with E-state index in [2.05, 4.69) is 30.6 Å². The fourth-order valence-corrected chi connectivity index (χ4v) is 4.51. The molecule has 0 radical (unpaired) electrons. The van der Waals surface area contributed by atoms with Crippen LogP contribution in [0.15, 0.2) is 30.0 Å². The van der Waals surface area contributed by atoms with Crippen molar-refractivity contribution < 1.29 is 9.53 Å². The number of hydrogen-bond donors (Lipinski definition) is 3. The largest absolute Gasteiger partial charge is 0.444 e. The van der Waals surface area contributed by atoms with Crippen molar-refractivity contribution in [3.8, 4) is 11.4 Å². The molecule has 0 bridgehead atoms. The predicted octanol–water partition coefficient (Wildman–Crippen LogP) is 5.03. The quantitative estimate of drug-likeness (QED) is 0.369. The van der Waals surface area contributed by atoms with E-state index in [1.165, 1.54) is 0 Å². The van der Waals surface area contributed by atoms with Crippen molar-refractivity contribution in [2.75, 3.05) is 5.32 Å². The summed E-state index contributed by atoms with van der Waals surface area (Å²) in [6, 6.07) is 0.00400. The molecule has 3 N–H and O–H groups in total. The molecule has 1 atom stereocenters. The van der Waals surface area contributed by atoms with Crippen LogP contribution in [0.2, 0.25) is 0 Å². The lowest BCUT2D eigenvalue weighted by molar-refractivity contribution is 0.0542. The minimum absolute atomic E-state index is 0.00400. The molecular formula is C27H37N9O2. The highest BCUT2D eigenvalue weighted by Crippen LogP contribution is 2.31. The minimum atomic E-state index is -0.598. The Labute approximate surface area is 223 Å². The van der Waals surface area contributed by atoms with Gasteiger partial charge in [-0.1, -0.05) is 13.8 Å². The number of hydrogen-bond acceptors (Lipinski definition) is 9. The number of ether oxygens (including phenoxy) is 1. The Bertz CT molecular complexity index is 1370. The summed E-state index contributed by atoms with van der Waals surface area (Å²) in [6.07, 6.45) is 6.50. The average molecular weight is 520 g/mol. The van der Waals surface area contributed by atoms with Crippen LogP contribution in [0.4, 0.5) is 10.6 Å².